The molecule has 162 valence electrons. The van der Waals surface area contributed by atoms with Gasteiger partial charge in [-0.25, -0.2) is 9.98 Å². The van der Waals surface area contributed by atoms with Crippen molar-refractivity contribution in [3.8, 4) is 0 Å². The second-order valence-electron chi connectivity index (χ2n) is 8.98. The third-order valence-corrected chi connectivity index (χ3v) is 6.15. The number of aliphatic imine (C=N–C) groups is 1. The molecular weight excluding hydrogens is 360 g/mol. The molecule has 2 fully saturated rings. The summed E-state index contributed by atoms with van der Waals surface area (Å²) in [7, 11) is 0. The number of likely N-dealkylation sites (tertiary alicyclic amines) is 1. The second-order valence-corrected chi connectivity index (χ2v) is 8.98. The molecular formula is C23H40N6. The van der Waals surface area contributed by atoms with Crippen LogP contribution in [0, 0.1) is 0 Å². The van der Waals surface area contributed by atoms with Crippen LogP contribution in [0.5, 0.6) is 0 Å². The molecule has 3 rings (SSSR count). The van der Waals surface area contributed by atoms with Gasteiger partial charge in [-0.15, -0.1) is 0 Å². The van der Waals surface area contributed by atoms with Crippen molar-refractivity contribution in [2.45, 2.75) is 71.4 Å². The molecule has 0 amide bonds. The number of piperidine rings is 2. The molecule has 1 aromatic heterocycles. The summed E-state index contributed by atoms with van der Waals surface area (Å²) < 4.78 is 0. The first kappa shape index (κ1) is 21.9. The van der Waals surface area contributed by atoms with Crippen molar-refractivity contribution >= 4 is 11.8 Å². The summed E-state index contributed by atoms with van der Waals surface area (Å²) in [5, 5.41) is 6.98. The van der Waals surface area contributed by atoms with Crippen molar-refractivity contribution in [3.63, 3.8) is 0 Å². The number of pyridine rings is 1. The van der Waals surface area contributed by atoms with Crippen LogP contribution in [0.3, 0.4) is 0 Å². The summed E-state index contributed by atoms with van der Waals surface area (Å²) in [6.07, 6.45) is 9.81. The third kappa shape index (κ3) is 6.59. The Bertz CT molecular complexity index is 645. The van der Waals surface area contributed by atoms with E-state index < -0.39 is 0 Å². The van der Waals surface area contributed by atoms with Gasteiger partial charge in [-0.3, -0.25) is 4.90 Å². The summed E-state index contributed by atoms with van der Waals surface area (Å²) >= 11 is 0. The predicted molar refractivity (Wildman–Crippen MR) is 123 cm³/mol. The summed E-state index contributed by atoms with van der Waals surface area (Å²) in [5.74, 6) is 2.00. The first-order valence-electron chi connectivity index (χ1n) is 11.6. The van der Waals surface area contributed by atoms with Crippen LogP contribution < -0.4 is 15.5 Å². The first-order chi connectivity index (χ1) is 14.1. The SMILES string of the molecule is CCNC(=NCc1ccnc(N2CCCCC2)c1)NCC(C)(C)N1CCCCC1. The highest BCUT2D eigenvalue weighted by Crippen LogP contribution is 2.20. The molecule has 2 N–H and O–H groups in total. The molecule has 6 nitrogen and oxygen atoms in total. The summed E-state index contributed by atoms with van der Waals surface area (Å²) in [6, 6.07) is 4.29. The maximum Gasteiger partial charge on any atom is 0.191 e. The fourth-order valence-electron chi connectivity index (χ4n) is 4.28. The van der Waals surface area contributed by atoms with E-state index in [0.717, 1.165) is 38.0 Å². The van der Waals surface area contributed by atoms with Crippen molar-refractivity contribution in [3.05, 3.63) is 23.9 Å². The van der Waals surface area contributed by atoms with Crippen LogP contribution >= 0.6 is 0 Å². The zero-order valence-corrected chi connectivity index (χ0v) is 18.7. The number of nitrogens with zero attached hydrogens (tertiary/aromatic N) is 4. The Balaban J connectivity index is 1.58. The third-order valence-electron chi connectivity index (χ3n) is 6.15. The van der Waals surface area contributed by atoms with Crippen molar-refractivity contribution in [1.29, 1.82) is 0 Å². The molecule has 2 aliphatic heterocycles. The van der Waals surface area contributed by atoms with Gasteiger partial charge in [0.15, 0.2) is 5.96 Å². The molecule has 0 aliphatic carbocycles. The molecule has 6 heteroatoms. The van der Waals surface area contributed by atoms with Gasteiger partial charge < -0.3 is 15.5 Å². The van der Waals surface area contributed by atoms with E-state index >= 15 is 0 Å². The van der Waals surface area contributed by atoms with Gasteiger partial charge in [0.1, 0.15) is 5.82 Å². The standard InChI is InChI=1S/C23H40N6/c1-4-24-22(27-19-23(2,3)29-15-9-6-10-16-29)26-18-20-11-12-25-21(17-20)28-13-7-5-8-14-28/h11-12,17H,4-10,13-16,18-19H2,1-3H3,(H2,24,26,27). The van der Waals surface area contributed by atoms with E-state index in [2.05, 4.69) is 58.3 Å². The molecule has 1 aromatic rings. The zero-order chi connectivity index (χ0) is 20.5. The molecule has 2 aliphatic rings. The van der Waals surface area contributed by atoms with Gasteiger partial charge in [-0.1, -0.05) is 6.42 Å². The quantitative estimate of drug-likeness (QED) is 0.543. The van der Waals surface area contributed by atoms with Gasteiger partial charge in [0.25, 0.3) is 0 Å². The zero-order valence-electron chi connectivity index (χ0n) is 18.7. The van der Waals surface area contributed by atoms with Crippen LogP contribution in [-0.2, 0) is 6.54 Å². The molecule has 0 bridgehead atoms. The lowest BCUT2D eigenvalue weighted by atomic mass is 9.98. The number of anilines is 1. The number of rotatable bonds is 7. The van der Waals surface area contributed by atoms with Crippen molar-refractivity contribution in [2.24, 2.45) is 4.99 Å². The van der Waals surface area contributed by atoms with E-state index in [-0.39, 0.29) is 5.54 Å². The maximum atomic E-state index is 4.85. The molecule has 0 unspecified atom stereocenters. The van der Waals surface area contributed by atoms with Crippen molar-refractivity contribution in [1.82, 2.24) is 20.5 Å². The normalized spacial score (nSPS) is 19.3. The second kappa shape index (κ2) is 10.8. The van der Waals surface area contributed by atoms with E-state index in [1.807, 2.05) is 6.20 Å². The summed E-state index contributed by atoms with van der Waals surface area (Å²) in [6.45, 7) is 13.9. The Morgan fingerprint density at radius 3 is 2.41 bits per heavy atom. The van der Waals surface area contributed by atoms with Gasteiger partial charge in [0.05, 0.1) is 6.54 Å². The lowest BCUT2D eigenvalue weighted by Gasteiger charge is -2.41. The molecule has 0 spiro atoms. The highest BCUT2D eigenvalue weighted by molar-refractivity contribution is 5.79. The van der Waals surface area contributed by atoms with Crippen LogP contribution in [-0.4, -0.2) is 60.7 Å². The average molecular weight is 401 g/mol. The largest absolute Gasteiger partial charge is 0.357 e. The number of nitrogens with one attached hydrogen (secondary N) is 2. The Hall–Kier alpha value is -1.82. The number of guanidine groups is 1. The molecule has 29 heavy (non-hydrogen) atoms. The predicted octanol–water partition coefficient (Wildman–Crippen LogP) is 3.39. The smallest absolute Gasteiger partial charge is 0.191 e. The Morgan fingerprint density at radius 1 is 1.03 bits per heavy atom. The van der Waals surface area contributed by atoms with E-state index in [4.69, 9.17) is 4.99 Å². The molecule has 3 heterocycles. The van der Waals surface area contributed by atoms with E-state index in [1.165, 1.54) is 57.2 Å². The van der Waals surface area contributed by atoms with Crippen LogP contribution in [0.2, 0.25) is 0 Å². The maximum absolute atomic E-state index is 4.85. The minimum Gasteiger partial charge on any atom is -0.357 e. The lowest BCUT2D eigenvalue weighted by molar-refractivity contribution is 0.0982. The van der Waals surface area contributed by atoms with Crippen molar-refractivity contribution < 1.29 is 0 Å². The van der Waals surface area contributed by atoms with Gasteiger partial charge in [0, 0.05) is 37.9 Å². The van der Waals surface area contributed by atoms with E-state index in [0.29, 0.717) is 6.54 Å². The van der Waals surface area contributed by atoms with Crippen LogP contribution in [0.4, 0.5) is 5.82 Å². The van der Waals surface area contributed by atoms with Gasteiger partial charge in [-0.2, -0.15) is 0 Å². The molecule has 2 saturated heterocycles. The highest BCUT2D eigenvalue weighted by Gasteiger charge is 2.27. The highest BCUT2D eigenvalue weighted by atomic mass is 15.2. The lowest BCUT2D eigenvalue weighted by Crippen LogP contribution is -2.54. The first-order valence-corrected chi connectivity index (χ1v) is 11.6. The Morgan fingerprint density at radius 2 is 1.72 bits per heavy atom. The summed E-state index contributed by atoms with van der Waals surface area (Å²) in [4.78, 5) is 14.5. The number of hydrogen-bond donors (Lipinski definition) is 2. The Kier molecular flexibility index (Phi) is 8.16. The van der Waals surface area contributed by atoms with Gasteiger partial charge in [0.2, 0.25) is 0 Å². The van der Waals surface area contributed by atoms with Gasteiger partial charge in [-0.05, 0) is 83.7 Å². The number of aromatic nitrogens is 1. The van der Waals surface area contributed by atoms with Crippen molar-refractivity contribution in [2.75, 3.05) is 44.2 Å². The van der Waals surface area contributed by atoms with Crippen LogP contribution in [0.1, 0.15) is 64.9 Å². The van der Waals surface area contributed by atoms with Crippen LogP contribution in [0.25, 0.3) is 0 Å². The molecule has 0 atom stereocenters. The summed E-state index contributed by atoms with van der Waals surface area (Å²) in [5.41, 5.74) is 1.35. The topological polar surface area (TPSA) is 55.8 Å². The van der Waals surface area contributed by atoms with Crippen LogP contribution in [0.15, 0.2) is 23.3 Å². The molecule has 0 aromatic carbocycles. The molecule has 0 radical (unpaired) electrons. The fraction of sp³-hybridized carbons (Fsp3) is 0.739. The van der Waals surface area contributed by atoms with Gasteiger partial charge >= 0.3 is 0 Å². The van der Waals surface area contributed by atoms with E-state index in [9.17, 15) is 0 Å². The monoisotopic (exact) mass is 400 g/mol. The Labute approximate surface area is 177 Å². The fourth-order valence-corrected chi connectivity index (χ4v) is 4.28. The number of hydrogen-bond acceptors (Lipinski definition) is 4. The molecule has 0 saturated carbocycles. The van der Waals surface area contributed by atoms with E-state index in [1.54, 1.807) is 0 Å². The minimum atomic E-state index is 0.134. The average Bonchev–Trinajstić information content (AvgIpc) is 2.77. The minimum absolute atomic E-state index is 0.134.